The van der Waals surface area contributed by atoms with Gasteiger partial charge < -0.3 is 25.2 Å². The highest BCUT2D eigenvalue weighted by Gasteiger charge is 2.68. The van der Waals surface area contributed by atoms with E-state index in [0.717, 1.165) is 18.4 Å². The van der Waals surface area contributed by atoms with E-state index in [0.29, 0.717) is 19.3 Å². The summed E-state index contributed by atoms with van der Waals surface area (Å²) in [5.41, 5.74) is -1.98. The number of hydrogen-bond acceptors (Lipinski definition) is 7. The lowest BCUT2D eigenvalue weighted by Gasteiger charge is -2.60. The Balaban J connectivity index is 1.67. The minimum atomic E-state index is -1.88. The second kappa shape index (κ2) is 6.97. The van der Waals surface area contributed by atoms with Crippen molar-refractivity contribution in [3.05, 3.63) is 11.6 Å². The second-order valence-corrected chi connectivity index (χ2v) is 10.4. The number of Topliss-reactive ketones (excluding diaryl/α,β-unsaturated/α-hetero) is 1. The van der Waals surface area contributed by atoms with Gasteiger partial charge in [-0.15, -0.1) is 0 Å². The topological polar surface area (TPSA) is 135 Å². The third-order valence-electron chi connectivity index (χ3n) is 9.12. The summed E-state index contributed by atoms with van der Waals surface area (Å²) in [7, 11) is 0. The number of carbonyl (C=O) groups is 3. The largest absolute Gasteiger partial charge is 0.550 e. The molecule has 8 atom stereocenters. The third-order valence-corrected chi connectivity index (χ3v) is 9.12. The molecule has 0 aromatic carbocycles. The maximum atomic E-state index is 12.9. The van der Waals surface area contributed by atoms with Crippen LogP contribution in [0.4, 0.5) is 0 Å². The molecule has 0 spiro atoms. The summed E-state index contributed by atoms with van der Waals surface area (Å²) in [6, 6.07) is 0. The molecule has 0 saturated heterocycles. The van der Waals surface area contributed by atoms with Gasteiger partial charge in [-0.2, -0.15) is 0 Å². The van der Waals surface area contributed by atoms with Crippen molar-refractivity contribution in [2.75, 3.05) is 0 Å². The molecule has 166 valence electrons. The number of aliphatic hydroxyl groups excluding tert-OH is 2. The van der Waals surface area contributed by atoms with Crippen LogP contribution in [0.3, 0.4) is 0 Å². The van der Waals surface area contributed by atoms with E-state index in [-0.39, 0.29) is 41.8 Å². The molecule has 7 heteroatoms. The number of hydrogen-bond donors (Lipinski definition) is 3. The Labute approximate surface area is 176 Å². The third kappa shape index (κ3) is 2.85. The van der Waals surface area contributed by atoms with Crippen molar-refractivity contribution >= 4 is 17.5 Å². The van der Waals surface area contributed by atoms with Crippen LogP contribution in [-0.2, 0) is 14.4 Å². The SMILES string of the molecule is C[C@]12CCC(=O)C=C1CC[C@@H]1[C@@H]2[C@@H](O)C[C@@]2(C)[C@H]1CC[C@]2(O)C(=O)C(O)CC(=O)[O-]. The molecule has 0 bridgehead atoms. The highest BCUT2D eigenvalue weighted by atomic mass is 16.4. The molecule has 4 rings (SSSR count). The molecule has 0 radical (unpaired) electrons. The van der Waals surface area contributed by atoms with Crippen LogP contribution in [0.1, 0.15) is 65.2 Å². The summed E-state index contributed by atoms with van der Waals surface area (Å²) in [5, 5.41) is 43.7. The maximum absolute atomic E-state index is 12.9. The van der Waals surface area contributed by atoms with Crippen molar-refractivity contribution in [2.24, 2.45) is 28.6 Å². The zero-order chi connectivity index (χ0) is 22.1. The average Bonchev–Trinajstić information content (AvgIpc) is 2.92. The van der Waals surface area contributed by atoms with E-state index in [1.54, 1.807) is 13.0 Å². The number of carbonyl (C=O) groups excluding carboxylic acids is 3. The molecule has 3 fully saturated rings. The number of rotatable bonds is 4. The molecule has 1 unspecified atom stereocenters. The van der Waals surface area contributed by atoms with Crippen LogP contribution in [0.15, 0.2) is 11.6 Å². The van der Waals surface area contributed by atoms with Crippen LogP contribution in [0.2, 0.25) is 0 Å². The zero-order valence-corrected chi connectivity index (χ0v) is 17.6. The van der Waals surface area contributed by atoms with Gasteiger partial charge in [0.25, 0.3) is 0 Å². The molecule has 0 aromatic heterocycles. The number of carboxylic acid groups (broad SMARTS) is 1. The number of allylic oxidation sites excluding steroid dienone is 1. The molecule has 3 N–H and O–H groups in total. The first-order chi connectivity index (χ1) is 13.9. The molecule has 0 amide bonds. The van der Waals surface area contributed by atoms with Crippen LogP contribution in [0.5, 0.6) is 0 Å². The van der Waals surface area contributed by atoms with Gasteiger partial charge in [0.15, 0.2) is 11.6 Å². The molecule has 0 aliphatic heterocycles. The van der Waals surface area contributed by atoms with E-state index in [1.807, 2.05) is 0 Å². The van der Waals surface area contributed by atoms with Crippen molar-refractivity contribution < 1.29 is 34.8 Å². The summed E-state index contributed by atoms with van der Waals surface area (Å²) in [5.74, 6) is -2.27. The smallest absolute Gasteiger partial charge is 0.193 e. The first-order valence-corrected chi connectivity index (χ1v) is 11.0. The Bertz CT molecular complexity index is 818. The zero-order valence-electron chi connectivity index (χ0n) is 17.6. The van der Waals surface area contributed by atoms with Crippen molar-refractivity contribution in [3.63, 3.8) is 0 Å². The fourth-order valence-electron chi connectivity index (χ4n) is 7.62. The molecular formula is C23H31O7-. The lowest BCUT2D eigenvalue weighted by Crippen LogP contribution is -2.63. The second-order valence-electron chi connectivity index (χ2n) is 10.4. The van der Waals surface area contributed by atoms with E-state index in [1.165, 1.54) is 0 Å². The minimum Gasteiger partial charge on any atom is -0.550 e. The van der Waals surface area contributed by atoms with Gasteiger partial charge in [-0.1, -0.05) is 19.4 Å². The van der Waals surface area contributed by atoms with E-state index in [9.17, 15) is 34.8 Å². The molecule has 30 heavy (non-hydrogen) atoms. The Hall–Kier alpha value is -1.57. The Morgan fingerprint density at radius 3 is 2.60 bits per heavy atom. The summed E-state index contributed by atoms with van der Waals surface area (Å²) in [4.78, 5) is 35.7. The molecule has 4 aliphatic rings. The maximum Gasteiger partial charge on any atom is 0.193 e. The summed E-state index contributed by atoms with van der Waals surface area (Å²) in [6.45, 7) is 3.93. The molecule has 0 aromatic rings. The Morgan fingerprint density at radius 1 is 1.23 bits per heavy atom. The lowest BCUT2D eigenvalue weighted by atomic mass is 9.45. The van der Waals surface area contributed by atoms with Crippen molar-refractivity contribution in [1.82, 2.24) is 0 Å². The number of ketones is 2. The van der Waals surface area contributed by atoms with E-state index in [4.69, 9.17) is 0 Å². The van der Waals surface area contributed by atoms with Gasteiger partial charge in [0.1, 0.15) is 11.7 Å². The van der Waals surface area contributed by atoms with Gasteiger partial charge in [0.2, 0.25) is 0 Å². The summed E-state index contributed by atoms with van der Waals surface area (Å²) < 4.78 is 0. The van der Waals surface area contributed by atoms with Gasteiger partial charge in [0, 0.05) is 24.2 Å². The first-order valence-electron chi connectivity index (χ1n) is 11.0. The predicted molar refractivity (Wildman–Crippen MR) is 104 cm³/mol. The quantitative estimate of drug-likeness (QED) is 0.596. The van der Waals surface area contributed by atoms with Crippen molar-refractivity contribution in [3.8, 4) is 0 Å². The van der Waals surface area contributed by atoms with E-state index >= 15 is 0 Å². The Morgan fingerprint density at radius 2 is 1.93 bits per heavy atom. The normalized spacial score (nSPS) is 46.3. The number of aliphatic hydroxyl groups is 3. The van der Waals surface area contributed by atoms with Crippen LogP contribution < -0.4 is 5.11 Å². The van der Waals surface area contributed by atoms with Crippen LogP contribution in [-0.4, -0.2) is 50.7 Å². The van der Waals surface area contributed by atoms with Gasteiger partial charge in [-0.25, -0.2) is 0 Å². The van der Waals surface area contributed by atoms with E-state index < -0.39 is 41.4 Å². The molecule has 3 saturated carbocycles. The fraction of sp³-hybridized carbons (Fsp3) is 0.783. The van der Waals surface area contributed by atoms with Crippen LogP contribution in [0.25, 0.3) is 0 Å². The van der Waals surface area contributed by atoms with Crippen LogP contribution in [0, 0.1) is 28.6 Å². The monoisotopic (exact) mass is 419 g/mol. The fourth-order valence-corrected chi connectivity index (χ4v) is 7.62. The molecule has 0 heterocycles. The molecule has 7 nitrogen and oxygen atoms in total. The number of aliphatic carboxylic acids is 1. The number of carboxylic acids is 1. The standard InChI is InChI=1S/C23H32O7/c1-21-7-5-13(24)9-12(21)3-4-14-15-6-8-23(30,20(29)16(25)10-18(27)28)22(15,2)11-17(26)19(14)21/h9,14-17,19,25-26,30H,3-8,10-11H2,1-2H3,(H,27,28)/p-1/t14-,15-,16?,17-,19+,21-,22-,23-/m0/s1. The van der Waals surface area contributed by atoms with Gasteiger partial charge in [0.05, 0.1) is 6.10 Å². The highest BCUT2D eigenvalue weighted by Crippen LogP contribution is 2.67. The van der Waals surface area contributed by atoms with Crippen molar-refractivity contribution in [2.45, 2.75) is 83.0 Å². The predicted octanol–water partition coefficient (Wildman–Crippen LogP) is 0.290. The molecule has 4 aliphatic carbocycles. The molecular weight excluding hydrogens is 388 g/mol. The summed E-state index contributed by atoms with van der Waals surface area (Å²) in [6.07, 6.45) is 1.97. The average molecular weight is 419 g/mol. The summed E-state index contributed by atoms with van der Waals surface area (Å²) >= 11 is 0. The Kier molecular flexibility index (Phi) is 5.03. The first kappa shape index (κ1) is 21.7. The van der Waals surface area contributed by atoms with Gasteiger partial charge in [-0.05, 0) is 67.8 Å². The number of fused-ring (bicyclic) bond motifs is 5. The minimum absolute atomic E-state index is 0.0222. The van der Waals surface area contributed by atoms with E-state index in [2.05, 4.69) is 6.92 Å². The van der Waals surface area contributed by atoms with Crippen LogP contribution >= 0.6 is 0 Å². The van der Waals surface area contributed by atoms with Crippen molar-refractivity contribution in [1.29, 1.82) is 0 Å². The lowest BCUT2D eigenvalue weighted by molar-refractivity contribution is -0.307. The van der Waals surface area contributed by atoms with Gasteiger partial charge >= 0.3 is 0 Å². The van der Waals surface area contributed by atoms with Gasteiger partial charge in [-0.3, -0.25) is 9.59 Å². The highest BCUT2D eigenvalue weighted by molar-refractivity contribution is 5.94.